The topological polar surface area (TPSA) is 77.8 Å². The lowest BCUT2D eigenvalue weighted by Gasteiger charge is -2.10. The number of hydrogen-bond acceptors (Lipinski definition) is 4. The molecule has 1 aromatic heterocycles. The van der Waals surface area contributed by atoms with Gasteiger partial charge in [-0.05, 0) is 30.2 Å². The van der Waals surface area contributed by atoms with Crippen LogP contribution in [0.3, 0.4) is 0 Å². The lowest BCUT2D eigenvalue weighted by atomic mass is 10.2. The Kier molecular flexibility index (Phi) is 5.10. The highest BCUT2D eigenvalue weighted by Crippen LogP contribution is 2.20. The van der Waals surface area contributed by atoms with Crippen LogP contribution in [-0.2, 0) is 0 Å². The van der Waals surface area contributed by atoms with Gasteiger partial charge < -0.3 is 10.6 Å². The van der Waals surface area contributed by atoms with Gasteiger partial charge in [-0.1, -0.05) is 26.0 Å². The van der Waals surface area contributed by atoms with Gasteiger partial charge in [-0.2, -0.15) is 5.26 Å². The van der Waals surface area contributed by atoms with Gasteiger partial charge >= 0.3 is 0 Å². The van der Waals surface area contributed by atoms with Crippen LogP contribution in [0.5, 0.6) is 0 Å². The first-order valence-electron chi connectivity index (χ1n) is 7.10. The number of amides is 1. The Balaban J connectivity index is 2.15. The number of aromatic nitrogens is 1. The fraction of sp³-hybridized carbons (Fsp3) is 0.235. The Morgan fingerprint density at radius 2 is 2.09 bits per heavy atom. The minimum atomic E-state index is -0.203. The number of carbonyl (C=O) groups is 1. The smallest absolute Gasteiger partial charge is 0.269 e. The van der Waals surface area contributed by atoms with Crippen LogP contribution in [0.15, 0.2) is 42.6 Å². The number of rotatable bonds is 5. The molecule has 0 atom stereocenters. The van der Waals surface area contributed by atoms with Gasteiger partial charge in [-0.15, -0.1) is 0 Å². The van der Waals surface area contributed by atoms with Crippen molar-refractivity contribution in [2.24, 2.45) is 5.92 Å². The Bertz CT molecular complexity index is 704. The molecule has 2 aromatic rings. The number of hydrogen-bond donors (Lipinski definition) is 2. The predicted octanol–water partition coefficient (Wildman–Crippen LogP) is 3.08. The van der Waals surface area contributed by atoms with Crippen LogP contribution in [0.1, 0.15) is 29.9 Å². The van der Waals surface area contributed by atoms with Gasteiger partial charge in [0.15, 0.2) is 0 Å². The number of anilines is 2. The normalized spacial score (nSPS) is 10.1. The Morgan fingerprint density at radius 3 is 2.82 bits per heavy atom. The first-order chi connectivity index (χ1) is 10.6. The Hall–Kier alpha value is -2.87. The van der Waals surface area contributed by atoms with Crippen LogP contribution in [0.25, 0.3) is 0 Å². The number of pyridine rings is 1. The van der Waals surface area contributed by atoms with Gasteiger partial charge in [-0.3, -0.25) is 9.78 Å². The molecule has 0 saturated carbocycles. The lowest BCUT2D eigenvalue weighted by Crippen LogP contribution is -2.28. The van der Waals surface area contributed by atoms with Gasteiger partial charge in [0.05, 0.1) is 11.3 Å². The molecule has 0 aliphatic carbocycles. The van der Waals surface area contributed by atoms with E-state index in [0.717, 1.165) is 0 Å². The van der Waals surface area contributed by atoms with E-state index in [0.29, 0.717) is 35.1 Å². The van der Waals surface area contributed by atoms with Gasteiger partial charge in [0.1, 0.15) is 11.8 Å². The van der Waals surface area contributed by atoms with Crippen LogP contribution in [0.2, 0.25) is 0 Å². The summed E-state index contributed by atoms with van der Waals surface area (Å²) >= 11 is 0. The molecule has 0 saturated heterocycles. The van der Waals surface area contributed by atoms with E-state index in [4.69, 9.17) is 5.26 Å². The minimum Gasteiger partial charge on any atom is -0.354 e. The summed E-state index contributed by atoms with van der Waals surface area (Å²) in [6, 6.07) is 12.8. The van der Waals surface area contributed by atoms with E-state index >= 15 is 0 Å². The zero-order valence-electron chi connectivity index (χ0n) is 12.6. The third kappa shape index (κ3) is 4.06. The summed E-state index contributed by atoms with van der Waals surface area (Å²) in [7, 11) is 0. The maximum Gasteiger partial charge on any atom is 0.269 e. The average Bonchev–Trinajstić information content (AvgIpc) is 2.53. The molecule has 0 bridgehead atoms. The molecule has 0 spiro atoms. The van der Waals surface area contributed by atoms with E-state index < -0.39 is 0 Å². The van der Waals surface area contributed by atoms with Crippen LogP contribution in [0, 0.1) is 17.2 Å². The second-order valence-electron chi connectivity index (χ2n) is 5.32. The van der Waals surface area contributed by atoms with Crippen molar-refractivity contribution in [2.45, 2.75) is 13.8 Å². The molecule has 1 heterocycles. The monoisotopic (exact) mass is 294 g/mol. The third-order valence-corrected chi connectivity index (χ3v) is 2.99. The highest BCUT2D eigenvalue weighted by Gasteiger charge is 2.09. The van der Waals surface area contributed by atoms with E-state index in [1.54, 1.807) is 30.5 Å². The molecule has 0 aliphatic heterocycles. The molecule has 22 heavy (non-hydrogen) atoms. The van der Waals surface area contributed by atoms with Crippen molar-refractivity contribution in [1.82, 2.24) is 10.3 Å². The zero-order chi connectivity index (χ0) is 15.9. The number of nitrogens with zero attached hydrogens (tertiary/aromatic N) is 2. The van der Waals surface area contributed by atoms with Crippen molar-refractivity contribution >= 4 is 17.3 Å². The molecule has 112 valence electrons. The van der Waals surface area contributed by atoms with Crippen molar-refractivity contribution in [3.8, 4) is 6.07 Å². The van der Waals surface area contributed by atoms with Crippen molar-refractivity contribution in [3.63, 3.8) is 0 Å². The van der Waals surface area contributed by atoms with Crippen LogP contribution < -0.4 is 10.6 Å². The van der Waals surface area contributed by atoms with Gasteiger partial charge in [0.2, 0.25) is 0 Å². The molecular weight excluding hydrogens is 276 g/mol. The quantitative estimate of drug-likeness (QED) is 0.888. The second-order valence-corrected chi connectivity index (χ2v) is 5.32. The maximum absolute atomic E-state index is 12.0. The summed E-state index contributed by atoms with van der Waals surface area (Å²) in [5.74, 6) is 0.179. The summed E-state index contributed by atoms with van der Waals surface area (Å²) in [5, 5.41) is 15.1. The Morgan fingerprint density at radius 1 is 1.32 bits per heavy atom. The molecule has 0 aliphatic rings. The molecular formula is C17H18N4O. The van der Waals surface area contributed by atoms with Crippen LogP contribution >= 0.6 is 0 Å². The van der Waals surface area contributed by atoms with E-state index in [2.05, 4.69) is 21.7 Å². The molecule has 5 nitrogen and oxygen atoms in total. The summed E-state index contributed by atoms with van der Waals surface area (Å²) < 4.78 is 0. The molecule has 5 heteroatoms. The second kappa shape index (κ2) is 7.23. The number of carbonyl (C=O) groups excluding carboxylic acids is 1. The molecule has 1 amide bonds. The highest BCUT2D eigenvalue weighted by molar-refractivity contribution is 5.93. The first kappa shape index (κ1) is 15.5. The minimum absolute atomic E-state index is 0.203. The average molecular weight is 294 g/mol. The molecule has 0 unspecified atom stereocenters. The predicted molar refractivity (Wildman–Crippen MR) is 85.8 cm³/mol. The van der Waals surface area contributed by atoms with Gasteiger partial charge in [-0.25, -0.2) is 0 Å². The zero-order valence-corrected chi connectivity index (χ0v) is 12.6. The SMILES string of the molecule is CC(C)CNC(=O)c1cc(Nc2ccccc2C#N)ccn1. The fourth-order valence-electron chi connectivity index (χ4n) is 1.86. The Labute approximate surface area is 130 Å². The van der Waals surface area contributed by atoms with Gasteiger partial charge in [0, 0.05) is 18.4 Å². The molecule has 0 radical (unpaired) electrons. The molecule has 1 aromatic carbocycles. The van der Waals surface area contributed by atoms with Crippen molar-refractivity contribution in [3.05, 3.63) is 53.9 Å². The van der Waals surface area contributed by atoms with Crippen LogP contribution in [-0.4, -0.2) is 17.4 Å². The molecule has 2 N–H and O–H groups in total. The van der Waals surface area contributed by atoms with E-state index in [-0.39, 0.29) is 5.91 Å². The van der Waals surface area contributed by atoms with E-state index in [1.165, 1.54) is 0 Å². The highest BCUT2D eigenvalue weighted by atomic mass is 16.1. The number of benzene rings is 1. The summed E-state index contributed by atoms with van der Waals surface area (Å²) in [6.45, 7) is 4.67. The maximum atomic E-state index is 12.0. The van der Waals surface area contributed by atoms with Gasteiger partial charge in [0.25, 0.3) is 5.91 Å². The van der Waals surface area contributed by atoms with E-state index in [9.17, 15) is 4.79 Å². The van der Waals surface area contributed by atoms with Crippen molar-refractivity contribution < 1.29 is 4.79 Å². The largest absolute Gasteiger partial charge is 0.354 e. The number of para-hydroxylation sites is 1. The van der Waals surface area contributed by atoms with Crippen molar-refractivity contribution in [2.75, 3.05) is 11.9 Å². The lowest BCUT2D eigenvalue weighted by molar-refractivity contribution is 0.0944. The third-order valence-electron chi connectivity index (χ3n) is 2.99. The van der Waals surface area contributed by atoms with E-state index in [1.807, 2.05) is 26.0 Å². The van der Waals surface area contributed by atoms with Crippen LogP contribution in [0.4, 0.5) is 11.4 Å². The summed E-state index contributed by atoms with van der Waals surface area (Å²) in [6.07, 6.45) is 1.57. The summed E-state index contributed by atoms with van der Waals surface area (Å²) in [5.41, 5.74) is 2.31. The fourth-order valence-corrected chi connectivity index (χ4v) is 1.86. The number of nitriles is 1. The number of nitrogens with one attached hydrogen (secondary N) is 2. The standard InChI is InChI=1S/C17H18N4O/c1-12(2)11-20-17(22)16-9-14(7-8-19-16)21-15-6-4-3-5-13(15)10-18/h3-9,12H,11H2,1-2H3,(H,19,21)(H,20,22). The summed E-state index contributed by atoms with van der Waals surface area (Å²) in [4.78, 5) is 16.1. The van der Waals surface area contributed by atoms with Crippen molar-refractivity contribution in [1.29, 1.82) is 5.26 Å². The first-order valence-corrected chi connectivity index (χ1v) is 7.10. The molecule has 2 rings (SSSR count). The molecule has 0 fully saturated rings.